The maximum Gasteiger partial charge on any atom is 0.168 e. The number of nitrogens with zero attached hydrogens (tertiary/aromatic N) is 4. The lowest BCUT2D eigenvalue weighted by molar-refractivity contribution is 0.417. The highest BCUT2D eigenvalue weighted by Crippen LogP contribution is 2.30. The Bertz CT molecular complexity index is 1090. The van der Waals surface area contributed by atoms with Gasteiger partial charge in [0, 0.05) is 5.02 Å². The molecule has 0 fully saturated rings. The Labute approximate surface area is 155 Å². The average molecular weight is 366 g/mol. The van der Waals surface area contributed by atoms with Crippen LogP contribution in [0.4, 0.5) is 11.5 Å². The molecule has 0 saturated heterocycles. The molecule has 2 heterocycles. The van der Waals surface area contributed by atoms with E-state index in [4.69, 9.17) is 16.3 Å². The second-order valence-electron chi connectivity index (χ2n) is 5.77. The smallest absolute Gasteiger partial charge is 0.168 e. The number of hydrogen-bond acceptors (Lipinski definition) is 5. The summed E-state index contributed by atoms with van der Waals surface area (Å²) in [6, 6.07) is 13.4. The van der Waals surface area contributed by atoms with Gasteiger partial charge < -0.3 is 10.1 Å². The van der Waals surface area contributed by atoms with Crippen LogP contribution in [0, 0.1) is 6.92 Å². The van der Waals surface area contributed by atoms with Gasteiger partial charge >= 0.3 is 0 Å². The molecule has 0 aliphatic rings. The number of hydrogen-bond donors (Lipinski definition) is 1. The lowest BCUT2D eigenvalue weighted by atomic mass is 10.2. The fraction of sp³-hybridized carbons (Fsp3) is 0.105. The largest absolute Gasteiger partial charge is 0.495 e. The molecule has 4 rings (SSSR count). The van der Waals surface area contributed by atoms with E-state index in [1.54, 1.807) is 18.0 Å². The summed E-state index contributed by atoms with van der Waals surface area (Å²) in [5.74, 6) is 1.39. The minimum atomic E-state index is 0.649. The van der Waals surface area contributed by atoms with Crippen LogP contribution in [0.5, 0.6) is 5.75 Å². The van der Waals surface area contributed by atoms with Gasteiger partial charge in [-0.15, -0.1) is 0 Å². The van der Waals surface area contributed by atoms with Crippen molar-refractivity contribution in [3.63, 3.8) is 0 Å². The molecule has 0 amide bonds. The molecular weight excluding hydrogens is 350 g/mol. The Morgan fingerprint density at radius 2 is 1.96 bits per heavy atom. The number of ether oxygens (including phenoxy) is 1. The highest BCUT2D eigenvalue weighted by atomic mass is 35.5. The van der Waals surface area contributed by atoms with Gasteiger partial charge in [0.1, 0.15) is 17.9 Å². The predicted molar refractivity (Wildman–Crippen MR) is 103 cm³/mol. The number of halogens is 1. The molecule has 0 spiro atoms. The Balaban J connectivity index is 1.82. The van der Waals surface area contributed by atoms with Crippen LogP contribution in [0.25, 0.3) is 16.7 Å². The molecule has 0 bridgehead atoms. The quantitative estimate of drug-likeness (QED) is 0.575. The van der Waals surface area contributed by atoms with Crippen molar-refractivity contribution in [2.24, 2.45) is 0 Å². The van der Waals surface area contributed by atoms with Gasteiger partial charge in [-0.1, -0.05) is 29.8 Å². The fourth-order valence-electron chi connectivity index (χ4n) is 2.81. The number of aryl methyl sites for hydroxylation is 1. The molecule has 2 aromatic heterocycles. The zero-order valence-corrected chi connectivity index (χ0v) is 15.0. The summed E-state index contributed by atoms with van der Waals surface area (Å²) in [7, 11) is 1.63. The van der Waals surface area contributed by atoms with Crippen molar-refractivity contribution in [1.82, 2.24) is 19.7 Å². The Hall–Kier alpha value is -3.12. The van der Waals surface area contributed by atoms with Gasteiger partial charge in [-0.05, 0) is 36.8 Å². The Morgan fingerprint density at radius 1 is 1.12 bits per heavy atom. The first kappa shape index (κ1) is 16.4. The van der Waals surface area contributed by atoms with E-state index in [0.29, 0.717) is 16.5 Å². The van der Waals surface area contributed by atoms with Crippen molar-refractivity contribution in [2.45, 2.75) is 6.92 Å². The number of fused-ring (bicyclic) bond motifs is 1. The molecule has 26 heavy (non-hydrogen) atoms. The van der Waals surface area contributed by atoms with Gasteiger partial charge in [0.25, 0.3) is 0 Å². The Morgan fingerprint density at radius 3 is 2.81 bits per heavy atom. The monoisotopic (exact) mass is 365 g/mol. The zero-order chi connectivity index (χ0) is 18.1. The average Bonchev–Trinajstić information content (AvgIpc) is 3.09. The Kier molecular flexibility index (Phi) is 4.18. The second kappa shape index (κ2) is 6.65. The summed E-state index contributed by atoms with van der Waals surface area (Å²) in [5.41, 5.74) is 3.45. The first-order valence-electron chi connectivity index (χ1n) is 8.02. The highest BCUT2D eigenvalue weighted by Gasteiger charge is 2.14. The maximum absolute atomic E-state index is 6.16. The van der Waals surface area contributed by atoms with Crippen LogP contribution in [0.2, 0.25) is 5.02 Å². The van der Waals surface area contributed by atoms with Crippen LogP contribution in [0.3, 0.4) is 0 Å². The first-order valence-corrected chi connectivity index (χ1v) is 8.40. The van der Waals surface area contributed by atoms with Crippen LogP contribution >= 0.6 is 11.6 Å². The van der Waals surface area contributed by atoms with Crippen LogP contribution in [-0.2, 0) is 0 Å². The number of benzene rings is 2. The summed E-state index contributed by atoms with van der Waals surface area (Å²) < 4.78 is 7.16. The number of rotatable bonds is 4. The summed E-state index contributed by atoms with van der Waals surface area (Å²) in [5, 5.41) is 9.25. The van der Waals surface area contributed by atoms with Crippen LogP contribution in [0.15, 0.2) is 55.0 Å². The van der Waals surface area contributed by atoms with Gasteiger partial charge in [0.05, 0.1) is 30.1 Å². The predicted octanol–water partition coefficient (Wildman–Crippen LogP) is 4.53. The molecule has 7 heteroatoms. The molecule has 0 aliphatic heterocycles. The van der Waals surface area contributed by atoms with E-state index in [9.17, 15) is 0 Å². The van der Waals surface area contributed by atoms with E-state index in [1.165, 1.54) is 6.33 Å². The molecule has 4 aromatic rings. The molecule has 0 atom stereocenters. The molecule has 0 aliphatic carbocycles. The van der Waals surface area contributed by atoms with Gasteiger partial charge in [-0.25, -0.2) is 14.6 Å². The van der Waals surface area contributed by atoms with Crippen molar-refractivity contribution in [2.75, 3.05) is 12.4 Å². The van der Waals surface area contributed by atoms with E-state index in [1.807, 2.05) is 49.4 Å². The number of anilines is 2. The van der Waals surface area contributed by atoms with E-state index < -0.39 is 0 Å². The summed E-state index contributed by atoms with van der Waals surface area (Å²) >= 11 is 6.16. The van der Waals surface area contributed by atoms with Gasteiger partial charge in [0.2, 0.25) is 0 Å². The zero-order valence-electron chi connectivity index (χ0n) is 14.3. The van der Waals surface area contributed by atoms with Crippen molar-refractivity contribution >= 4 is 34.1 Å². The number of aromatic nitrogens is 4. The maximum atomic E-state index is 6.16. The number of methoxy groups -OCH3 is 1. The van der Waals surface area contributed by atoms with E-state index in [0.717, 1.165) is 28.1 Å². The standard InChI is InChI=1S/C19H16ClN5O/c1-12-7-8-13(20)9-16(12)25-19-14(10-23-25)18(21-11-22-19)24-15-5-3-4-6-17(15)26-2/h3-11H,1-2H3,(H,21,22,24). The van der Waals surface area contributed by atoms with Gasteiger partial charge in [-0.2, -0.15) is 5.10 Å². The molecular formula is C19H16ClN5O. The molecule has 0 radical (unpaired) electrons. The molecule has 0 unspecified atom stereocenters. The van der Waals surface area contributed by atoms with Crippen LogP contribution in [0.1, 0.15) is 5.56 Å². The van der Waals surface area contributed by atoms with Crippen molar-refractivity contribution in [3.8, 4) is 11.4 Å². The van der Waals surface area contributed by atoms with Crippen LogP contribution in [-0.4, -0.2) is 26.9 Å². The number of nitrogens with one attached hydrogen (secondary N) is 1. The topological polar surface area (TPSA) is 64.9 Å². The van der Waals surface area contributed by atoms with Gasteiger partial charge in [-0.3, -0.25) is 0 Å². The van der Waals surface area contributed by atoms with E-state index in [2.05, 4.69) is 20.4 Å². The highest BCUT2D eigenvalue weighted by molar-refractivity contribution is 6.30. The molecule has 130 valence electrons. The lowest BCUT2D eigenvalue weighted by Crippen LogP contribution is -2.01. The van der Waals surface area contributed by atoms with Crippen molar-refractivity contribution in [3.05, 3.63) is 65.6 Å². The minimum absolute atomic E-state index is 0.649. The third-order valence-corrected chi connectivity index (χ3v) is 4.36. The molecule has 6 nitrogen and oxygen atoms in total. The second-order valence-corrected chi connectivity index (χ2v) is 6.21. The van der Waals surface area contributed by atoms with Crippen molar-refractivity contribution in [1.29, 1.82) is 0 Å². The lowest BCUT2D eigenvalue weighted by Gasteiger charge is -2.11. The summed E-state index contributed by atoms with van der Waals surface area (Å²) in [4.78, 5) is 8.78. The third-order valence-electron chi connectivity index (χ3n) is 4.13. The minimum Gasteiger partial charge on any atom is -0.495 e. The first-order chi connectivity index (χ1) is 12.7. The SMILES string of the molecule is COc1ccccc1Nc1ncnc2c1cnn2-c1cc(Cl)ccc1C. The number of para-hydroxylation sites is 2. The summed E-state index contributed by atoms with van der Waals surface area (Å²) in [6.07, 6.45) is 3.26. The van der Waals surface area contributed by atoms with E-state index in [-0.39, 0.29) is 0 Å². The van der Waals surface area contributed by atoms with E-state index >= 15 is 0 Å². The molecule has 2 aromatic carbocycles. The van der Waals surface area contributed by atoms with Gasteiger partial charge in [0.15, 0.2) is 5.65 Å². The van der Waals surface area contributed by atoms with Crippen LogP contribution < -0.4 is 10.1 Å². The third kappa shape index (κ3) is 2.84. The molecule has 1 N–H and O–H groups in total. The van der Waals surface area contributed by atoms with Crippen molar-refractivity contribution < 1.29 is 4.74 Å². The molecule has 0 saturated carbocycles. The fourth-order valence-corrected chi connectivity index (χ4v) is 2.97. The summed E-state index contributed by atoms with van der Waals surface area (Å²) in [6.45, 7) is 2.01. The normalized spacial score (nSPS) is 10.9.